The van der Waals surface area contributed by atoms with Crippen molar-refractivity contribution in [2.45, 2.75) is 0 Å². The first kappa shape index (κ1) is 9.86. The molecule has 0 radical (unpaired) electrons. The fraction of sp³-hybridized carbons (Fsp3) is 0.100. The summed E-state index contributed by atoms with van der Waals surface area (Å²) in [5, 5.41) is 0. The topological polar surface area (TPSA) is 26.3 Å². The van der Waals surface area contributed by atoms with Crippen LogP contribution in [0.1, 0.15) is 5.56 Å². The Bertz CT molecular complexity index is 293. The maximum absolute atomic E-state index is 10.7. The van der Waals surface area contributed by atoms with E-state index in [1.165, 1.54) is 6.26 Å². The first-order valence-corrected chi connectivity index (χ1v) is 4.48. The van der Waals surface area contributed by atoms with Crippen LogP contribution in [0.4, 0.5) is 0 Å². The van der Waals surface area contributed by atoms with Gasteiger partial charge in [0.2, 0.25) is 0 Å². The molecule has 0 unspecified atom stereocenters. The lowest BCUT2D eigenvalue weighted by atomic mass is 10.2. The lowest BCUT2D eigenvalue weighted by Gasteiger charge is -1.93. The zero-order valence-electron chi connectivity index (χ0n) is 7.01. The molecule has 0 amide bonds. The van der Waals surface area contributed by atoms with E-state index in [0.717, 1.165) is 5.56 Å². The lowest BCUT2D eigenvalue weighted by molar-refractivity contribution is -0.134. The molecule has 3 heteroatoms. The van der Waals surface area contributed by atoms with Crippen LogP contribution in [-0.4, -0.2) is 11.7 Å². The highest BCUT2D eigenvalue weighted by atomic mass is 32.1. The minimum Gasteiger partial charge on any atom is -0.434 e. The zero-order chi connectivity index (χ0) is 9.52. The summed E-state index contributed by atoms with van der Waals surface area (Å²) in [6, 6.07) is 9.60. The highest BCUT2D eigenvalue weighted by Crippen LogP contribution is 2.00. The molecular formula is C10H10O2S. The van der Waals surface area contributed by atoms with Crippen molar-refractivity contribution in [3.63, 3.8) is 0 Å². The molecule has 0 fully saturated rings. The molecule has 0 spiro atoms. The van der Waals surface area contributed by atoms with Crippen molar-refractivity contribution in [2.75, 3.05) is 5.75 Å². The standard InChI is InChI=1S/C10H10O2S/c11-10(8-13)12-7-6-9-4-2-1-3-5-9/h1-7,13H,8H2/b7-6+. The number of hydrogen-bond acceptors (Lipinski definition) is 3. The number of hydrogen-bond donors (Lipinski definition) is 1. The van der Waals surface area contributed by atoms with E-state index in [1.807, 2.05) is 30.3 Å². The Balaban J connectivity index is 2.45. The average molecular weight is 194 g/mol. The van der Waals surface area contributed by atoms with Gasteiger partial charge in [-0.2, -0.15) is 12.6 Å². The highest BCUT2D eigenvalue weighted by Gasteiger charge is 1.93. The summed E-state index contributed by atoms with van der Waals surface area (Å²) in [5.41, 5.74) is 0.995. The van der Waals surface area contributed by atoms with Gasteiger partial charge in [-0.3, -0.25) is 4.79 Å². The number of carbonyl (C=O) groups excluding carboxylic acids is 1. The monoisotopic (exact) mass is 194 g/mol. The molecule has 0 aromatic heterocycles. The van der Waals surface area contributed by atoms with E-state index in [2.05, 4.69) is 12.6 Å². The van der Waals surface area contributed by atoms with Gasteiger partial charge in [0.15, 0.2) is 0 Å². The fourth-order valence-corrected chi connectivity index (χ4v) is 0.864. The predicted molar refractivity (Wildman–Crippen MR) is 55.4 cm³/mol. The Morgan fingerprint density at radius 2 is 2.08 bits per heavy atom. The van der Waals surface area contributed by atoms with Crippen molar-refractivity contribution in [1.29, 1.82) is 0 Å². The molecule has 1 aromatic carbocycles. The molecule has 0 N–H and O–H groups in total. The van der Waals surface area contributed by atoms with E-state index in [4.69, 9.17) is 4.74 Å². The Hall–Kier alpha value is -1.22. The van der Waals surface area contributed by atoms with Crippen molar-refractivity contribution < 1.29 is 9.53 Å². The quantitative estimate of drug-likeness (QED) is 0.453. The summed E-state index contributed by atoms with van der Waals surface area (Å²) in [5.74, 6) is -0.255. The van der Waals surface area contributed by atoms with Crippen molar-refractivity contribution in [3.05, 3.63) is 42.2 Å². The summed E-state index contributed by atoms with van der Waals surface area (Å²) in [7, 11) is 0. The van der Waals surface area contributed by atoms with E-state index in [1.54, 1.807) is 6.08 Å². The van der Waals surface area contributed by atoms with Gasteiger partial charge in [0, 0.05) is 0 Å². The molecule has 0 heterocycles. The molecule has 13 heavy (non-hydrogen) atoms. The lowest BCUT2D eigenvalue weighted by Crippen LogP contribution is -1.99. The predicted octanol–water partition coefficient (Wildman–Crippen LogP) is 2.13. The van der Waals surface area contributed by atoms with E-state index < -0.39 is 0 Å². The summed E-state index contributed by atoms with van der Waals surface area (Å²) in [6.45, 7) is 0. The SMILES string of the molecule is O=C(CS)O/C=C/c1ccccc1. The van der Waals surface area contributed by atoms with Crippen molar-refractivity contribution >= 4 is 24.7 Å². The number of esters is 1. The number of thiol groups is 1. The Labute approximate surface area is 82.6 Å². The van der Waals surface area contributed by atoms with Crippen LogP contribution in [0.25, 0.3) is 6.08 Å². The van der Waals surface area contributed by atoms with Crippen molar-refractivity contribution in [1.82, 2.24) is 0 Å². The van der Waals surface area contributed by atoms with Gasteiger partial charge < -0.3 is 4.74 Å². The normalized spacial score (nSPS) is 10.2. The van der Waals surface area contributed by atoms with Crippen LogP contribution in [0.3, 0.4) is 0 Å². The van der Waals surface area contributed by atoms with Gasteiger partial charge in [0.05, 0.1) is 12.0 Å². The van der Waals surface area contributed by atoms with Gasteiger partial charge in [0.25, 0.3) is 0 Å². The van der Waals surface area contributed by atoms with Gasteiger partial charge in [-0.1, -0.05) is 30.3 Å². The Morgan fingerprint density at radius 1 is 1.38 bits per heavy atom. The summed E-state index contributed by atoms with van der Waals surface area (Å²) in [6.07, 6.45) is 3.09. The minimum atomic E-state index is -0.351. The third-order valence-electron chi connectivity index (χ3n) is 1.39. The summed E-state index contributed by atoms with van der Waals surface area (Å²) >= 11 is 3.77. The molecule has 0 aliphatic carbocycles. The van der Waals surface area contributed by atoms with Crippen LogP contribution in [0.5, 0.6) is 0 Å². The first-order chi connectivity index (χ1) is 6.33. The third kappa shape index (κ3) is 3.80. The molecule has 0 saturated heterocycles. The second-order valence-corrected chi connectivity index (χ2v) is 2.68. The molecule has 0 bridgehead atoms. The second-order valence-electron chi connectivity index (χ2n) is 2.36. The van der Waals surface area contributed by atoms with E-state index in [0.29, 0.717) is 0 Å². The summed E-state index contributed by atoms with van der Waals surface area (Å²) in [4.78, 5) is 10.7. The van der Waals surface area contributed by atoms with Crippen LogP contribution in [-0.2, 0) is 9.53 Å². The molecule has 0 aliphatic rings. The minimum absolute atomic E-state index is 0.0964. The van der Waals surface area contributed by atoms with Gasteiger partial charge in [-0.15, -0.1) is 0 Å². The number of ether oxygens (including phenoxy) is 1. The first-order valence-electron chi connectivity index (χ1n) is 3.85. The van der Waals surface area contributed by atoms with Crippen LogP contribution < -0.4 is 0 Å². The second kappa shape index (κ2) is 5.43. The Morgan fingerprint density at radius 3 is 2.69 bits per heavy atom. The molecule has 0 aliphatic heterocycles. The van der Waals surface area contributed by atoms with Gasteiger partial charge in [-0.25, -0.2) is 0 Å². The highest BCUT2D eigenvalue weighted by molar-refractivity contribution is 7.81. The summed E-state index contributed by atoms with van der Waals surface area (Å²) < 4.78 is 4.70. The Kier molecular flexibility index (Phi) is 4.12. The number of rotatable bonds is 3. The molecular weight excluding hydrogens is 184 g/mol. The smallest absolute Gasteiger partial charge is 0.320 e. The fourth-order valence-electron chi connectivity index (χ4n) is 0.790. The van der Waals surface area contributed by atoms with Crippen LogP contribution in [0.2, 0.25) is 0 Å². The maximum atomic E-state index is 10.7. The largest absolute Gasteiger partial charge is 0.434 e. The molecule has 0 atom stereocenters. The third-order valence-corrected chi connectivity index (χ3v) is 1.65. The molecule has 1 rings (SSSR count). The van der Waals surface area contributed by atoms with E-state index >= 15 is 0 Å². The molecule has 0 saturated carbocycles. The van der Waals surface area contributed by atoms with E-state index in [9.17, 15) is 4.79 Å². The zero-order valence-corrected chi connectivity index (χ0v) is 7.91. The van der Waals surface area contributed by atoms with Gasteiger partial charge in [0.1, 0.15) is 0 Å². The van der Waals surface area contributed by atoms with Gasteiger partial charge >= 0.3 is 5.97 Å². The maximum Gasteiger partial charge on any atom is 0.320 e. The number of carbonyl (C=O) groups is 1. The molecule has 68 valence electrons. The van der Waals surface area contributed by atoms with Crippen molar-refractivity contribution in [2.24, 2.45) is 0 Å². The van der Waals surface area contributed by atoms with Gasteiger partial charge in [-0.05, 0) is 11.6 Å². The van der Waals surface area contributed by atoms with Crippen LogP contribution in [0.15, 0.2) is 36.6 Å². The number of benzene rings is 1. The van der Waals surface area contributed by atoms with Crippen LogP contribution >= 0.6 is 12.6 Å². The van der Waals surface area contributed by atoms with E-state index in [-0.39, 0.29) is 11.7 Å². The van der Waals surface area contributed by atoms with Crippen molar-refractivity contribution in [3.8, 4) is 0 Å². The average Bonchev–Trinajstić information content (AvgIpc) is 2.19. The molecule has 1 aromatic rings. The molecule has 2 nitrogen and oxygen atoms in total. The van der Waals surface area contributed by atoms with Crippen LogP contribution in [0, 0.1) is 0 Å².